The van der Waals surface area contributed by atoms with Crippen LogP contribution in [0.4, 0.5) is 5.69 Å². The maximum absolute atomic E-state index is 5.60. The van der Waals surface area contributed by atoms with E-state index in [2.05, 4.69) is 43.1 Å². The van der Waals surface area contributed by atoms with E-state index in [-0.39, 0.29) is 0 Å². The summed E-state index contributed by atoms with van der Waals surface area (Å²) in [5, 5.41) is 0. The average molecular weight is 192 g/mol. The maximum Gasteiger partial charge on any atom is 0.0366 e. The van der Waals surface area contributed by atoms with Gasteiger partial charge in [-0.2, -0.15) is 0 Å². The maximum atomic E-state index is 5.60. The van der Waals surface area contributed by atoms with Gasteiger partial charge in [0.1, 0.15) is 0 Å². The van der Waals surface area contributed by atoms with Crippen molar-refractivity contribution < 1.29 is 0 Å². The van der Waals surface area contributed by atoms with E-state index in [1.165, 1.54) is 24.1 Å². The normalized spacial score (nSPS) is 10.2. The summed E-state index contributed by atoms with van der Waals surface area (Å²) in [6.45, 7) is 3.95. The van der Waals surface area contributed by atoms with Crippen LogP contribution < -0.4 is 10.6 Å². The smallest absolute Gasteiger partial charge is 0.0366 e. The van der Waals surface area contributed by atoms with Gasteiger partial charge in [0.15, 0.2) is 0 Å². The van der Waals surface area contributed by atoms with E-state index in [9.17, 15) is 0 Å². The van der Waals surface area contributed by atoms with E-state index in [1.54, 1.807) is 0 Å². The highest BCUT2D eigenvalue weighted by Crippen LogP contribution is 2.14. The molecule has 2 nitrogen and oxygen atoms in total. The predicted octanol–water partition coefficient (Wildman–Crippen LogP) is 2.38. The Hall–Kier alpha value is -1.02. The van der Waals surface area contributed by atoms with E-state index < -0.39 is 0 Å². The molecule has 78 valence electrons. The number of benzene rings is 1. The van der Waals surface area contributed by atoms with Crippen LogP contribution in [-0.2, 0) is 6.54 Å². The highest BCUT2D eigenvalue weighted by atomic mass is 15.1. The Kier molecular flexibility index (Phi) is 4.47. The molecule has 0 aliphatic heterocycles. The molecule has 2 N–H and O–H groups in total. The molecule has 1 aromatic rings. The number of hydrogen-bond donors (Lipinski definition) is 1. The molecule has 0 amide bonds. The lowest BCUT2D eigenvalue weighted by Gasteiger charge is -2.19. The quantitative estimate of drug-likeness (QED) is 0.776. The third-order valence-electron chi connectivity index (χ3n) is 2.43. The summed E-state index contributed by atoms with van der Waals surface area (Å²) in [4.78, 5) is 2.28. The van der Waals surface area contributed by atoms with E-state index in [4.69, 9.17) is 5.73 Å². The molecule has 2 heteroatoms. The molecule has 0 radical (unpaired) electrons. The number of rotatable bonds is 5. The first-order valence-electron chi connectivity index (χ1n) is 5.28. The summed E-state index contributed by atoms with van der Waals surface area (Å²) >= 11 is 0. The molecule has 0 aliphatic carbocycles. The van der Waals surface area contributed by atoms with Gasteiger partial charge in [0.05, 0.1) is 0 Å². The van der Waals surface area contributed by atoms with Gasteiger partial charge >= 0.3 is 0 Å². The highest BCUT2D eigenvalue weighted by molar-refractivity contribution is 5.47. The van der Waals surface area contributed by atoms with E-state index >= 15 is 0 Å². The van der Waals surface area contributed by atoms with Gasteiger partial charge in [-0.1, -0.05) is 25.5 Å². The van der Waals surface area contributed by atoms with Crippen molar-refractivity contribution in [1.82, 2.24) is 0 Å². The van der Waals surface area contributed by atoms with Crippen LogP contribution in [0.3, 0.4) is 0 Å². The highest BCUT2D eigenvalue weighted by Gasteiger charge is 1.99. The summed E-state index contributed by atoms with van der Waals surface area (Å²) in [6.07, 6.45) is 2.48. The lowest BCUT2D eigenvalue weighted by atomic mass is 10.2. The number of anilines is 1. The molecule has 0 aliphatic rings. The summed E-state index contributed by atoms with van der Waals surface area (Å²) in [6, 6.07) is 8.43. The number of unbranched alkanes of at least 4 members (excludes halogenated alkanes) is 1. The molecule has 0 saturated carbocycles. The zero-order valence-electron chi connectivity index (χ0n) is 9.16. The standard InChI is InChI=1S/C12H20N2/c1-3-4-8-14(2)12-7-5-6-11(9-12)10-13/h5-7,9H,3-4,8,10,13H2,1-2H3. The monoisotopic (exact) mass is 192 g/mol. The van der Waals surface area contributed by atoms with Crippen LogP contribution >= 0.6 is 0 Å². The molecule has 0 bridgehead atoms. The predicted molar refractivity (Wildman–Crippen MR) is 62.5 cm³/mol. The molecule has 0 heterocycles. The summed E-state index contributed by atoms with van der Waals surface area (Å²) in [5.74, 6) is 0. The summed E-state index contributed by atoms with van der Waals surface area (Å²) in [5.41, 5.74) is 8.07. The zero-order chi connectivity index (χ0) is 10.4. The minimum absolute atomic E-state index is 0.620. The van der Waals surface area contributed by atoms with Gasteiger partial charge in [-0.05, 0) is 24.1 Å². The minimum atomic E-state index is 0.620. The molecule has 0 fully saturated rings. The fourth-order valence-corrected chi connectivity index (χ4v) is 1.45. The van der Waals surface area contributed by atoms with Crippen molar-refractivity contribution in [1.29, 1.82) is 0 Å². The Labute approximate surface area is 86.7 Å². The van der Waals surface area contributed by atoms with E-state index in [0.717, 1.165) is 6.54 Å². The number of hydrogen-bond acceptors (Lipinski definition) is 2. The number of nitrogens with two attached hydrogens (primary N) is 1. The fourth-order valence-electron chi connectivity index (χ4n) is 1.45. The molecule has 0 atom stereocenters. The van der Waals surface area contributed by atoms with Crippen molar-refractivity contribution in [3.05, 3.63) is 29.8 Å². The van der Waals surface area contributed by atoms with Gasteiger partial charge < -0.3 is 10.6 Å². The van der Waals surface area contributed by atoms with E-state index in [1.807, 2.05) is 0 Å². The van der Waals surface area contributed by atoms with Gasteiger partial charge in [-0.15, -0.1) is 0 Å². The minimum Gasteiger partial charge on any atom is -0.375 e. The van der Waals surface area contributed by atoms with Crippen LogP contribution in [0.1, 0.15) is 25.3 Å². The Bertz CT molecular complexity index is 271. The van der Waals surface area contributed by atoms with Crippen LogP contribution in [-0.4, -0.2) is 13.6 Å². The van der Waals surface area contributed by atoms with Crippen LogP contribution in [0.15, 0.2) is 24.3 Å². The van der Waals surface area contributed by atoms with Crippen molar-refractivity contribution in [3.8, 4) is 0 Å². The van der Waals surface area contributed by atoms with Crippen molar-refractivity contribution in [2.75, 3.05) is 18.5 Å². The summed E-state index contributed by atoms with van der Waals surface area (Å²) < 4.78 is 0. The second kappa shape index (κ2) is 5.66. The van der Waals surface area contributed by atoms with Crippen LogP contribution in [0.2, 0.25) is 0 Å². The number of nitrogens with zero attached hydrogens (tertiary/aromatic N) is 1. The average Bonchev–Trinajstić information content (AvgIpc) is 2.26. The van der Waals surface area contributed by atoms with Crippen LogP contribution in [0.5, 0.6) is 0 Å². The molecule has 14 heavy (non-hydrogen) atoms. The summed E-state index contributed by atoms with van der Waals surface area (Å²) in [7, 11) is 2.13. The molecule has 1 rings (SSSR count). The Morgan fingerprint density at radius 3 is 2.79 bits per heavy atom. The van der Waals surface area contributed by atoms with E-state index in [0.29, 0.717) is 6.54 Å². The van der Waals surface area contributed by atoms with Crippen molar-refractivity contribution >= 4 is 5.69 Å². The van der Waals surface area contributed by atoms with Crippen LogP contribution in [0, 0.1) is 0 Å². The topological polar surface area (TPSA) is 29.3 Å². The third-order valence-corrected chi connectivity index (χ3v) is 2.43. The Morgan fingerprint density at radius 1 is 1.36 bits per heavy atom. The lowest BCUT2D eigenvalue weighted by Crippen LogP contribution is -2.18. The lowest BCUT2D eigenvalue weighted by molar-refractivity contribution is 0.766. The van der Waals surface area contributed by atoms with Crippen molar-refractivity contribution in [2.45, 2.75) is 26.3 Å². The third kappa shape index (κ3) is 3.04. The Balaban J connectivity index is 2.64. The largest absolute Gasteiger partial charge is 0.375 e. The van der Waals surface area contributed by atoms with Gasteiger partial charge in [-0.25, -0.2) is 0 Å². The first-order valence-corrected chi connectivity index (χ1v) is 5.28. The zero-order valence-corrected chi connectivity index (χ0v) is 9.16. The molecule has 1 aromatic carbocycles. The molecule has 0 saturated heterocycles. The molecule has 0 spiro atoms. The van der Waals surface area contributed by atoms with Crippen molar-refractivity contribution in [2.24, 2.45) is 5.73 Å². The molecular formula is C12H20N2. The Morgan fingerprint density at radius 2 is 2.14 bits per heavy atom. The van der Waals surface area contributed by atoms with Gasteiger partial charge in [0, 0.05) is 25.8 Å². The van der Waals surface area contributed by atoms with Crippen LogP contribution in [0.25, 0.3) is 0 Å². The van der Waals surface area contributed by atoms with Gasteiger partial charge in [0.2, 0.25) is 0 Å². The SMILES string of the molecule is CCCCN(C)c1cccc(CN)c1. The van der Waals surface area contributed by atoms with Gasteiger partial charge in [-0.3, -0.25) is 0 Å². The first kappa shape index (κ1) is 11.1. The van der Waals surface area contributed by atoms with Gasteiger partial charge in [0.25, 0.3) is 0 Å². The van der Waals surface area contributed by atoms with Crippen molar-refractivity contribution in [3.63, 3.8) is 0 Å². The molecule has 0 unspecified atom stereocenters. The molecule has 0 aromatic heterocycles. The fraction of sp³-hybridized carbons (Fsp3) is 0.500. The second-order valence-corrected chi connectivity index (χ2v) is 3.65. The second-order valence-electron chi connectivity index (χ2n) is 3.65. The molecular weight excluding hydrogens is 172 g/mol. The first-order chi connectivity index (χ1) is 6.77.